The van der Waals surface area contributed by atoms with Crippen molar-refractivity contribution in [2.75, 3.05) is 37.4 Å². The van der Waals surface area contributed by atoms with Crippen LogP contribution in [0, 0.1) is 0 Å². The van der Waals surface area contributed by atoms with Crippen molar-refractivity contribution in [1.82, 2.24) is 10.2 Å². The SMILES string of the molecule is CCCNC(=O)[C@H](CC)N(Cc1cccc(OC)c1)C(=O)CCCN(c1ccccc1OCC)S(C)(=O)=O. The van der Waals surface area contributed by atoms with Gasteiger partial charge >= 0.3 is 0 Å². The van der Waals surface area contributed by atoms with Gasteiger partial charge in [0.1, 0.15) is 17.5 Å². The summed E-state index contributed by atoms with van der Waals surface area (Å²) in [5.74, 6) is 0.701. The Morgan fingerprint density at radius 1 is 1.05 bits per heavy atom. The van der Waals surface area contributed by atoms with Crippen molar-refractivity contribution in [3.8, 4) is 11.5 Å². The normalized spacial score (nSPS) is 11.9. The van der Waals surface area contributed by atoms with E-state index in [1.807, 2.05) is 45.0 Å². The van der Waals surface area contributed by atoms with Crippen LogP contribution in [0.2, 0.25) is 0 Å². The summed E-state index contributed by atoms with van der Waals surface area (Å²) in [6, 6.07) is 13.7. The summed E-state index contributed by atoms with van der Waals surface area (Å²) < 4.78 is 37.5. The Balaban J connectivity index is 2.26. The van der Waals surface area contributed by atoms with E-state index in [4.69, 9.17) is 9.47 Å². The smallest absolute Gasteiger partial charge is 0.242 e. The zero-order valence-electron chi connectivity index (χ0n) is 23.1. The second kappa shape index (κ2) is 15.2. The molecule has 10 heteroatoms. The van der Waals surface area contributed by atoms with Crippen LogP contribution in [0.25, 0.3) is 0 Å². The molecule has 0 bridgehead atoms. The van der Waals surface area contributed by atoms with Crippen molar-refractivity contribution >= 4 is 27.5 Å². The van der Waals surface area contributed by atoms with Gasteiger partial charge in [-0.1, -0.05) is 38.1 Å². The summed E-state index contributed by atoms with van der Waals surface area (Å²) in [6.07, 6.45) is 2.72. The summed E-state index contributed by atoms with van der Waals surface area (Å²) in [5.41, 5.74) is 1.27. The van der Waals surface area contributed by atoms with Gasteiger partial charge in [0.2, 0.25) is 21.8 Å². The first kappa shape index (κ1) is 31.0. The molecule has 2 aromatic rings. The molecule has 0 heterocycles. The average Bonchev–Trinajstić information content (AvgIpc) is 2.89. The number of amides is 2. The minimum atomic E-state index is -3.63. The van der Waals surface area contributed by atoms with Gasteiger partial charge in [-0.15, -0.1) is 0 Å². The molecule has 210 valence electrons. The highest BCUT2D eigenvalue weighted by molar-refractivity contribution is 7.92. The molecule has 0 spiro atoms. The number of benzene rings is 2. The van der Waals surface area contributed by atoms with Gasteiger partial charge in [-0.25, -0.2) is 8.42 Å². The van der Waals surface area contributed by atoms with Gasteiger partial charge in [-0.05, 0) is 56.0 Å². The molecule has 1 N–H and O–H groups in total. The number of ether oxygens (including phenoxy) is 2. The van der Waals surface area contributed by atoms with Gasteiger partial charge in [0.15, 0.2) is 0 Å². The molecule has 0 aromatic heterocycles. The molecule has 2 amide bonds. The van der Waals surface area contributed by atoms with Crippen molar-refractivity contribution in [2.45, 2.75) is 59.0 Å². The molecular formula is C28H41N3O6S. The third kappa shape index (κ3) is 8.93. The maximum atomic E-state index is 13.5. The fourth-order valence-electron chi connectivity index (χ4n) is 4.18. The summed E-state index contributed by atoms with van der Waals surface area (Å²) in [6.45, 7) is 6.93. The molecule has 2 rings (SSSR count). The zero-order chi connectivity index (χ0) is 28.1. The largest absolute Gasteiger partial charge is 0.497 e. The molecule has 0 saturated carbocycles. The fraction of sp³-hybridized carbons (Fsp3) is 0.500. The van der Waals surface area contributed by atoms with Crippen LogP contribution in [-0.2, 0) is 26.2 Å². The fourth-order valence-corrected chi connectivity index (χ4v) is 5.15. The Morgan fingerprint density at radius 2 is 1.79 bits per heavy atom. The number of hydrogen-bond donors (Lipinski definition) is 1. The van der Waals surface area contributed by atoms with Gasteiger partial charge in [-0.3, -0.25) is 13.9 Å². The predicted octanol–water partition coefficient (Wildman–Crippen LogP) is 3.97. The van der Waals surface area contributed by atoms with Gasteiger partial charge in [0.05, 0.1) is 25.7 Å². The Hall–Kier alpha value is -3.27. The van der Waals surface area contributed by atoms with Crippen molar-refractivity contribution in [3.05, 3.63) is 54.1 Å². The minimum Gasteiger partial charge on any atom is -0.497 e. The molecule has 0 fully saturated rings. The number of carbonyl (C=O) groups excluding carboxylic acids is 2. The van der Waals surface area contributed by atoms with E-state index in [0.29, 0.717) is 36.8 Å². The van der Waals surface area contributed by atoms with Gasteiger partial charge in [-0.2, -0.15) is 0 Å². The van der Waals surface area contributed by atoms with Crippen LogP contribution in [0.15, 0.2) is 48.5 Å². The lowest BCUT2D eigenvalue weighted by molar-refractivity contribution is -0.141. The van der Waals surface area contributed by atoms with E-state index in [1.54, 1.807) is 36.3 Å². The van der Waals surface area contributed by atoms with Crippen LogP contribution in [0.1, 0.15) is 52.0 Å². The van der Waals surface area contributed by atoms with Crippen LogP contribution in [-0.4, -0.2) is 64.2 Å². The molecule has 1 atom stereocenters. The van der Waals surface area contributed by atoms with Gasteiger partial charge in [0.25, 0.3) is 0 Å². The van der Waals surface area contributed by atoms with Crippen molar-refractivity contribution in [1.29, 1.82) is 0 Å². The Bertz CT molecular complexity index is 1150. The highest BCUT2D eigenvalue weighted by Crippen LogP contribution is 2.30. The van der Waals surface area contributed by atoms with Crippen molar-refractivity contribution in [3.63, 3.8) is 0 Å². The molecule has 2 aromatic carbocycles. The molecule has 0 saturated heterocycles. The maximum Gasteiger partial charge on any atom is 0.242 e. The van der Waals surface area contributed by atoms with E-state index in [-0.39, 0.29) is 37.7 Å². The number of rotatable bonds is 16. The van der Waals surface area contributed by atoms with E-state index in [9.17, 15) is 18.0 Å². The molecule has 9 nitrogen and oxygen atoms in total. The summed E-state index contributed by atoms with van der Waals surface area (Å²) in [4.78, 5) is 28.1. The van der Waals surface area contributed by atoms with Crippen LogP contribution in [0.5, 0.6) is 11.5 Å². The molecular weight excluding hydrogens is 506 g/mol. The number of nitrogens with zero attached hydrogens (tertiary/aromatic N) is 2. The summed E-state index contributed by atoms with van der Waals surface area (Å²) in [7, 11) is -2.05. The monoisotopic (exact) mass is 547 g/mol. The molecule has 0 aliphatic carbocycles. The number of para-hydroxylation sites is 2. The summed E-state index contributed by atoms with van der Waals surface area (Å²) in [5, 5.41) is 2.90. The number of sulfonamides is 1. The van der Waals surface area contributed by atoms with Crippen molar-refractivity contribution in [2.24, 2.45) is 0 Å². The number of carbonyl (C=O) groups is 2. The third-order valence-corrected chi connectivity index (χ3v) is 7.19. The maximum absolute atomic E-state index is 13.5. The second-order valence-electron chi connectivity index (χ2n) is 8.93. The quantitative estimate of drug-likeness (QED) is 0.341. The van der Waals surface area contributed by atoms with Crippen LogP contribution >= 0.6 is 0 Å². The van der Waals surface area contributed by atoms with E-state index in [0.717, 1.165) is 18.2 Å². The first-order valence-corrected chi connectivity index (χ1v) is 14.9. The van der Waals surface area contributed by atoms with E-state index in [1.165, 1.54) is 4.31 Å². The number of hydrogen-bond acceptors (Lipinski definition) is 6. The predicted molar refractivity (Wildman–Crippen MR) is 150 cm³/mol. The van der Waals surface area contributed by atoms with E-state index in [2.05, 4.69) is 5.32 Å². The first-order chi connectivity index (χ1) is 18.2. The highest BCUT2D eigenvalue weighted by atomic mass is 32.2. The van der Waals surface area contributed by atoms with Crippen LogP contribution < -0.4 is 19.1 Å². The van der Waals surface area contributed by atoms with E-state index >= 15 is 0 Å². The molecule has 0 aliphatic heterocycles. The highest BCUT2D eigenvalue weighted by Gasteiger charge is 2.29. The molecule has 0 radical (unpaired) electrons. The van der Waals surface area contributed by atoms with Gasteiger partial charge < -0.3 is 19.7 Å². The lowest BCUT2D eigenvalue weighted by Gasteiger charge is -2.31. The third-order valence-electron chi connectivity index (χ3n) is 6.01. The Labute approximate surface area is 227 Å². The van der Waals surface area contributed by atoms with Crippen molar-refractivity contribution < 1.29 is 27.5 Å². The van der Waals surface area contributed by atoms with Gasteiger partial charge in [0, 0.05) is 26.1 Å². The lowest BCUT2D eigenvalue weighted by atomic mass is 10.1. The summed E-state index contributed by atoms with van der Waals surface area (Å²) >= 11 is 0. The molecule has 0 aliphatic rings. The minimum absolute atomic E-state index is 0.0738. The Kier molecular flexibility index (Phi) is 12.4. The Morgan fingerprint density at radius 3 is 2.42 bits per heavy atom. The molecule has 0 unspecified atom stereocenters. The lowest BCUT2D eigenvalue weighted by Crippen LogP contribution is -2.49. The van der Waals surface area contributed by atoms with E-state index < -0.39 is 16.1 Å². The van der Waals surface area contributed by atoms with Crippen LogP contribution in [0.4, 0.5) is 5.69 Å². The topological polar surface area (TPSA) is 105 Å². The first-order valence-electron chi connectivity index (χ1n) is 13.1. The second-order valence-corrected chi connectivity index (χ2v) is 10.8. The van der Waals surface area contributed by atoms with Crippen LogP contribution in [0.3, 0.4) is 0 Å². The average molecular weight is 548 g/mol. The zero-order valence-corrected chi connectivity index (χ0v) is 23.9. The number of methoxy groups -OCH3 is 1. The molecule has 38 heavy (non-hydrogen) atoms. The standard InChI is InChI=1S/C28H41N3O6S/c1-6-18-29-28(33)24(7-2)30(21-22-13-11-14-23(20-22)36-4)27(32)17-12-19-31(38(5,34)35)25-15-9-10-16-26(25)37-8-3/h9-11,13-16,20,24H,6-8,12,17-19,21H2,1-5H3,(H,29,33)/t24-/m0/s1. The number of nitrogens with one attached hydrogen (secondary N) is 1. The number of anilines is 1.